The Morgan fingerprint density at radius 2 is 1.90 bits per heavy atom. The number of aromatic nitrogens is 2. The molecule has 2 aromatic heterocycles. The fourth-order valence-corrected chi connectivity index (χ4v) is 4.06. The van der Waals surface area contributed by atoms with Crippen molar-refractivity contribution in [3.8, 4) is 11.3 Å². The summed E-state index contributed by atoms with van der Waals surface area (Å²) in [7, 11) is 0. The molecule has 3 aromatic rings. The molecule has 6 nitrogen and oxygen atoms in total. The fourth-order valence-electron chi connectivity index (χ4n) is 4.06. The molecule has 0 saturated carbocycles. The van der Waals surface area contributed by atoms with Crippen molar-refractivity contribution < 1.29 is 9.90 Å². The summed E-state index contributed by atoms with van der Waals surface area (Å²) in [5, 5.41) is 13.8. The van der Waals surface area contributed by atoms with Crippen molar-refractivity contribution in [1.82, 2.24) is 14.9 Å². The van der Waals surface area contributed by atoms with Crippen molar-refractivity contribution >= 4 is 22.6 Å². The van der Waals surface area contributed by atoms with Gasteiger partial charge in [0.05, 0.1) is 16.8 Å². The first-order valence-corrected chi connectivity index (χ1v) is 10.7. The van der Waals surface area contributed by atoms with E-state index in [9.17, 15) is 4.79 Å². The van der Waals surface area contributed by atoms with E-state index in [4.69, 9.17) is 10.1 Å². The van der Waals surface area contributed by atoms with Gasteiger partial charge in [-0.05, 0) is 69.6 Å². The third-order valence-electron chi connectivity index (χ3n) is 5.75. The molecular formula is C24H28N4O2. The number of likely N-dealkylation sites (tertiary alicyclic amines) is 1. The number of carboxylic acids is 1. The van der Waals surface area contributed by atoms with Gasteiger partial charge in [-0.1, -0.05) is 18.6 Å². The van der Waals surface area contributed by atoms with Gasteiger partial charge in [-0.2, -0.15) is 0 Å². The van der Waals surface area contributed by atoms with Crippen LogP contribution in [0.2, 0.25) is 0 Å². The summed E-state index contributed by atoms with van der Waals surface area (Å²) in [4.78, 5) is 22.9. The van der Waals surface area contributed by atoms with Crippen molar-refractivity contribution in [1.29, 1.82) is 0 Å². The molecular weight excluding hydrogens is 376 g/mol. The number of rotatable bonds is 7. The van der Waals surface area contributed by atoms with Gasteiger partial charge in [0, 0.05) is 35.6 Å². The molecule has 0 bridgehead atoms. The lowest BCUT2D eigenvalue weighted by Gasteiger charge is -2.26. The van der Waals surface area contributed by atoms with Gasteiger partial charge in [0.2, 0.25) is 0 Å². The van der Waals surface area contributed by atoms with Gasteiger partial charge in [0.25, 0.3) is 0 Å². The number of pyridine rings is 2. The largest absolute Gasteiger partial charge is 0.478 e. The highest BCUT2D eigenvalue weighted by atomic mass is 16.4. The Balaban J connectivity index is 1.56. The normalized spacial score (nSPS) is 14.7. The minimum absolute atomic E-state index is 0.274. The van der Waals surface area contributed by atoms with E-state index >= 15 is 0 Å². The lowest BCUT2D eigenvalue weighted by Crippen LogP contribution is -2.31. The monoisotopic (exact) mass is 404 g/mol. The van der Waals surface area contributed by atoms with Crippen LogP contribution in [-0.2, 0) is 0 Å². The first-order chi connectivity index (χ1) is 14.6. The minimum Gasteiger partial charge on any atom is -0.478 e. The molecule has 0 unspecified atom stereocenters. The zero-order valence-corrected chi connectivity index (χ0v) is 17.4. The van der Waals surface area contributed by atoms with Gasteiger partial charge in [-0.3, -0.25) is 4.98 Å². The molecule has 1 aliphatic heterocycles. The average molecular weight is 405 g/mol. The maximum absolute atomic E-state index is 11.1. The number of aryl methyl sites for hydroxylation is 1. The number of carbonyl (C=O) groups is 1. The molecule has 156 valence electrons. The molecule has 4 rings (SSSR count). The number of anilines is 1. The molecule has 1 aromatic carbocycles. The number of piperidine rings is 1. The van der Waals surface area contributed by atoms with Crippen LogP contribution in [-0.4, -0.2) is 52.1 Å². The van der Waals surface area contributed by atoms with Gasteiger partial charge in [-0.15, -0.1) is 0 Å². The Labute approximate surface area is 177 Å². The standard InChI is InChI=1S/C24H28N4O2/c1-17-15-25-16-20-22(26-10-5-13-28-11-3-2-4-12-28)14-21(27-23(17)20)18-6-8-19(9-7-18)24(29)30/h6-9,14-16H,2-5,10-13H2,1H3,(H,26,27)(H,29,30). The summed E-state index contributed by atoms with van der Waals surface area (Å²) in [6, 6.07) is 8.91. The highest BCUT2D eigenvalue weighted by molar-refractivity contribution is 5.95. The number of benzene rings is 1. The van der Waals surface area contributed by atoms with E-state index in [1.165, 1.54) is 32.4 Å². The lowest BCUT2D eigenvalue weighted by molar-refractivity contribution is 0.0697. The predicted molar refractivity (Wildman–Crippen MR) is 120 cm³/mol. The molecule has 0 radical (unpaired) electrons. The molecule has 3 heterocycles. The summed E-state index contributed by atoms with van der Waals surface area (Å²) in [6.45, 7) is 6.47. The summed E-state index contributed by atoms with van der Waals surface area (Å²) >= 11 is 0. The van der Waals surface area contributed by atoms with E-state index in [1.54, 1.807) is 12.1 Å². The van der Waals surface area contributed by atoms with Crippen LogP contribution in [0, 0.1) is 6.92 Å². The van der Waals surface area contributed by atoms with E-state index in [2.05, 4.69) is 15.2 Å². The Kier molecular flexibility index (Phi) is 6.23. The number of fused-ring (bicyclic) bond motifs is 1. The van der Waals surface area contributed by atoms with Gasteiger partial charge in [0.15, 0.2) is 0 Å². The topological polar surface area (TPSA) is 78.4 Å². The van der Waals surface area contributed by atoms with Crippen LogP contribution in [0.3, 0.4) is 0 Å². The van der Waals surface area contributed by atoms with E-state index < -0.39 is 5.97 Å². The number of aromatic carboxylic acids is 1. The first kappa shape index (κ1) is 20.3. The van der Waals surface area contributed by atoms with Gasteiger partial charge < -0.3 is 15.3 Å². The second-order valence-electron chi connectivity index (χ2n) is 7.97. The highest BCUT2D eigenvalue weighted by Gasteiger charge is 2.12. The number of nitrogens with one attached hydrogen (secondary N) is 1. The van der Waals surface area contributed by atoms with Crippen LogP contribution in [0.25, 0.3) is 22.2 Å². The predicted octanol–water partition coefficient (Wildman–Crippen LogP) is 4.59. The maximum atomic E-state index is 11.1. The number of carboxylic acid groups (broad SMARTS) is 1. The molecule has 1 fully saturated rings. The van der Waals surface area contributed by atoms with Crippen molar-refractivity contribution in [2.24, 2.45) is 0 Å². The molecule has 6 heteroatoms. The SMILES string of the molecule is Cc1cncc2c(NCCCN3CCCCC3)cc(-c3ccc(C(=O)O)cc3)nc12. The molecule has 0 amide bonds. The van der Waals surface area contributed by atoms with E-state index in [0.29, 0.717) is 0 Å². The van der Waals surface area contributed by atoms with Crippen LogP contribution in [0.5, 0.6) is 0 Å². The Morgan fingerprint density at radius 3 is 2.63 bits per heavy atom. The zero-order valence-electron chi connectivity index (χ0n) is 17.4. The quantitative estimate of drug-likeness (QED) is 0.561. The maximum Gasteiger partial charge on any atom is 0.335 e. The van der Waals surface area contributed by atoms with Crippen LogP contribution in [0.15, 0.2) is 42.7 Å². The van der Waals surface area contributed by atoms with Crippen LogP contribution in [0.1, 0.15) is 41.6 Å². The third-order valence-corrected chi connectivity index (χ3v) is 5.75. The Bertz CT molecular complexity index is 1030. The van der Waals surface area contributed by atoms with Crippen molar-refractivity contribution in [2.45, 2.75) is 32.6 Å². The Hall–Kier alpha value is -2.99. The average Bonchev–Trinajstić information content (AvgIpc) is 2.78. The van der Waals surface area contributed by atoms with E-state index in [1.807, 2.05) is 37.5 Å². The van der Waals surface area contributed by atoms with Crippen molar-refractivity contribution in [2.75, 3.05) is 31.5 Å². The van der Waals surface area contributed by atoms with Gasteiger partial charge >= 0.3 is 5.97 Å². The van der Waals surface area contributed by atoms with Crippen molar-refractivity contribution in [3.63, 3.8) is 0 Å². The molecule has 0 aliphatic carbocycles. The summed E-state index contributed by atoms with van der Waals surface area (Å²) in [5.74, 6) is -0.925. The molecule has 1 saturated heterocycles. The summed E-state index contributed by atoms with van der Waals surface area (Å²) < 4.78 is 0. The van der Waals surface area contributed by atoms with Gasteiger partial charge in [0.1, 0.15) is 0 Å². The number of hydrogen-bond donors (Lipinski definition) is 2. The second-order valence-corrected chi connectivity index (χ2v) is 7.97. The van der Waals surface area contributed by atoms with Crippen LogP contribution in [0.4, 0.5) is 5.69 Å². The van der Waals surface area contributed by atoms with Crippen LogP contribution >= 0.6 is 0 Å². The molecule has 1 aliphatic rings. The fraction of sp³-hybridized carbons (Fsp3) is 0.375. The summed E-state index contributed by atoms with van der Waals surface area (Å²) in [5.41, 5.74) is 4.96. The summed E-state index contributed by atoms with van der Waals surface area (Å²) in [6.07, 6.45) is 8.77. The molecule has 2 N–H and O–H groups in total. The van der Waals surface area contributed by atoms with E-state index in [-0.39, 0.29) is 5.56 Å². The lowest BCUT2D eigenvalue weighted by atomic mass is 10.1. The third kappa shape index (κ3) is 4.60. The first-order valence-electron chi connectivity index (χ1n) is 10.7. The second kappa shape index (κ2) is 9.22. The zero-order chi connectivity index (χ0) is 20.9. The molecule has 0 atom stereocenters. The van der Waals surface area contributed by atoms with Gasteiger partial charge in [-0.25, -0.2) is 9.78 Å². The number of nitrogens with zero attached hydrogens (tertiary/aromatic N) is 3. The van der Waals surface area contributed by atoms with Crippen molar-refractivity contribution in [3.05, 3.63) is 53.9 Å². The van der Waals surface area contributed by atoms with Crippen LogP contribution < -0.4 is 5.32 Å². The molecule has 0 spiro atoms. The molecule has 30 heavy (non-hydrogen) atoms. The van der Waals surface area contributed by atoms with E-state index in [0.717, 1.165) is 52.9 Å². The highest BCUT2D eigenvalue weighted by Crippen LogP contribution is 2.29. The smallest absolute Gasteiger partial charge is 0.335 e. The Morgan fingerprint density at radius 1 is 1.13 bits per heavy atom. The minimum atomic E-state index is -0.925. The number of hydrogen-bond acceptors (Lipinski definition) is 5.